The Bertz CT molecular complexity index is 293. The lowest BCUT2D eigenvalue weighted by molar-refractivity contribution is -0.143. The lowest BCUT2D eigenvalue weighted by atomic mass is 10.2. The smallest absolute Gasteiger partial charge is 0.305 e. The van der Waals surface area contributed by atoms with Crippen LogP contribution in [0.2, 0.25) is 5.02 Å². The predicted molar refractivity (Wildman–Crippen MR) is 56.4 cm³/mol. The Hall–Kier alpha value is -1.02. The Morgan fingerprint density at radius 2 is 2.00 bits per heavy atom. The van der Waals surface area contributed by atoms with Gasteiger partial charge in [-0.25, -0.2) is 0 Å². The number of hydrogen-bond acceptors (Lipinski definition) is 2. The van der Waals surface area contributed by atoms with Crippen molar-refractivity contribution in [1.82, 2.24) is 0 Å². The van der Waals surface area contributed by atoms with E-state index in [2.05, 4.69) is 0 Å². The lowest BCUT2D eigenvalue weighted by Crippen LogP contribution is -2.05. The molecule has 1 rings (SSSR count). The van der Waals surface area contributed by atoms with Crippen LogP contribution in [0.3, 0.4) is 0 Å². The number of carbonyl (C=O) groups is 1. The van der Waals surface area contributed by atoms with Crippen LogP contribution in [0.15, 0.2) is 24.3 Å². The van der Waals surface area contributed by atoms with E-state index in [0.29, 0.717) is 13.0 Å². The van der Waals surface area contributed by atoms with Crippen LogP contribution in [0.1, 0.15) is 18.9 Å². The van der Waals surface area contributed by atoms with Crippen molar-refractivity contribution in [2.24, 2.45) is 0 Å². The van der Waals surface area contributed by atoms with E-state index in [1.807, 2.05) is 24.3 Å². The number of halogens is 1. The summed E-state index contributed by atoms with van der Waals surface area (Å²) in [6, 6.07) is 7.53. The molecule has 1 aromatic rings. The molecule has 0 atom stereocenters. The van der Waals surface area contributed by atoms with E-state index in [4.69, 9.17) is 16.3 Å². The summed E-state index contributed by atoms with van der Waals surface area (Å²) in [5.41, 5.74) is 1.12. The van der Waals surface area contributed by atoms with E-state index < -0.39 is 0 Å². The van der Waals surface area contributed by atoms with Crippen LogP contribution in [0.25, 0.3) is 0 Å². The standard InChI is InChI=1S/C11H13ClO2/c1-2-11(13)14-8-7-9-3-5-10(12)6-4-9/h3-6H,2,7-8H2,1H3. The Morgan fingerprint density at radius 3 is 2.57 bits per heavy atom. The Labute approximate surface area is 88.8 Å². The maximum absolute atomic E-state index is 10.8. The van der Waals surface area contributed by atoms with Gasteiger partial charge in [0.25, 0.3) is 0 Å². The summed E-state index contributed by atoms with van der Waals surface area (Å²) in [5.74, 6) is -0.154. The number of hydrogen-bond donors (Lipinski definition) is 0. The average molecular weight is 213 g/mol. The third kappa shape index (κ3) is 3.79. The summed E-state index contributed by atoms with van der Waals surface area (Å²) >= 11 is 5.73. The molecule has 1 aromatic carbocycles. The zero-order chi connectivity index (χ0) is 10.4. The molecule has 0 N–H and O–H groups in total. The molecule has 76 valence electrons. The summed E-state index contributed by atoms with van der Waals surface area (Å²) in [6.07, 6.45) is 1.17. The molecule has 3 heteroatoms. The monoisotopic (exact) mass is 212 g/mol. The van der Waals surface area contributed by atoms with Crippen molar-refractivity contribution in [1.29, 1.82) is 0 Å². The molecule has 0 unspecified atom stereocenters. The minimum Gasteiger partial charge on any atom is -0.465 e. The summed E-state index contributed by atoms with van der Waals surface area (Å²) in [5, 5.41) is 0.722. The van der Waals surface area contributed by atoms with Crippen molar-refractivity contribution in [3.05, 3.63) is 34.9 Å². The third-order valence-electron chi connectivity index (χ3n) is 1.86. The summed E-state index contributed by atoms with van der Waals surface area (Å²) in [6.45, 7) is 2.22. The topological polar surface area (TPSA) is 26.3 Å². The minimum absolute atomic E-state index is 0.154. The molecule has 0 aliphatic rings. The van der Waals surface area contributed by atoms with Gasteiger partial charge >= 0.3 is 5.97 Å². The number of esters is 1. The molecule has 0 saturated carbocycles. The minimum atomic E-state index is -0.154. The first-order valence-corrected chi connectivity index (χ1v) is 5.00. The first kappa shape index (κ1) is 11.1. The van der Waals surface area contributed by atoms with Crippen molar-refractivity contribution >= 4 is 17.6 Å². The third-order valence-corrected chi connectivity index (χ3v) is 2.11. The van der Waals surface area contributed by atoms with Crippen LogP contribution in [-0.4, -0.2) is 12.6 Å². The van der Waals surface area contributed by atoms with Gasteiger partial charge in [-0.15, -0.1) is 0 Å². The zero-order valence-corrected chi connectivity index (χ0v) is 8.88. The highest BCUT2D eigenvalue weighted by molar-refractivity contribution is 6.30. The van der Waals surface area contributed by atoms with Gasteiger partial charge in [0.05, 0.1) is 6.61 Å². The van der Waals surface area contributed by atoms with Crippen LogP contribution in [0.5, 0.6) is 0 Å². The van der Waals surface area contributed by atoms with Crippen molar-refractivity contribution in [3.8, 4) is 0 Å². The quantitative estimate of drug-likeness (QED) is 0.718. The molecule has 0 aromatic heterocycles. The second-order valence-electron chi connectivity index (χ2n) is 2.95. The van der Waals surface area contributed by atoms with Gasteiger partial charge in [-0.3, -0.25) is 4.79 Å². The van der Waals surface area contributed by atoms with Crippen molar-refractivity contribution in [3.63, 3.8) is 0 Å². The van der Waals surface area contributed by atoms with Crippen molar-refractivity contribution in [2.45, 2.75) is 19.8 Å². The molecular formula is C11H13ClO2. The molecule has 0 aliphatic carbocycles. The fourth-order valence-electron chi connectivity index (χ4n) is 1.04. The Kier molecular flexibility index (Phi) is 4.47. The normalized spacial score (nSPS) is 9.86. The predicted octanol–water partition coefficient (Wildman–Crippen LogP) is 2.84. The van der Waals surface area contributed by atoms with E-state index in [-0.39, 0.29) is 5.97 Å². The van der Waals surface area contributed by atoms with E-state index in [1.54, 1.807) is 6.92 Å². The fraction of sp³-hybridized carbons (Fsp3) is 0.364. The summed E-state index contributed by atoms with van der Waals surface area (Å²) in [7, 11) is 0. The molecule has 0 bridgehead atoms. The highest BCUT2D eigenvalue weighted by Crippen LogP contribution is 2.09. The second kappa shape index (κ2) is 5.66. The van der Waals surface area contributed by atoms with Gasteiger partial charge in [0.1, 0.15) is 0 Å². The zero-order valence-electron chi connectivity index (χ0n) is 8.13. The molecule has 0 fully saturated rings. The molecule has 0 aliphatic heterocycles. The molecular weight excluding hydrogens is 200 g/mol. The number of benzene rings is 1. The van der Waals surface area contributed by atoms with Crippen LogP contribution >= 0.6 is 11.6 Å². The molecule has 0 saturated heterocycles. The lowest BCUT2D eigenvalue weighted by Gasteiger charge is -2.03. The molecule has 14 heavy (non-hydrogen) atoms. The number of carbonyl (C=O) groups excluding carboxylic acids is 1. The van der Waals surface area contributed by atoms with Crippen LogP contribution in [-0.2, 0) is 16.0 Å². The molecule has 0 heterocycles. The maximum atomic E-state index is 10.8. The largest absolute Gasteiger partial charge is 0.465 e. The second-order valence-corrected chi connectivity index (χ2v) is 3.39. The van der Waals surface area contributed by atoms with Crippen LogP contribution in [0, 0.1) is 0 Å². The van der Waals surface area contributed by atoms with Crippen LogP contribution in [0.4, 0.5) is 0 Å². The fourth-order valence-corrected chi connectivity index (χ4v) is 1.16. The highest BCUT2D eigenvalue weighted by Gasteiger charge is 1.98. The van der Waals surface area contributed by atoms with E-state index in [1.165, 1.54) is 0 Å². The number of rotatable bonds is 4. The first-order chi connectivity index (χ1) is 6.72. The van der Waals surface area contributed by atoms with Gasteiger partial charge in [0.15, 0.2) is 0 Å². The molecule has 2 nitrogen and oxygen atoms in total. The Morgan fingerprint density at radius 1 is 1.36 bits per heavy atom. The van der Waals surface area contributed by atoms with Gasteiger partial charge in [0.2, 0.25) is 0 Å². The van der Waals surface area contributed by atoms with E-state index in [0.717, 1.165) is 17.0 Å². The number of ether oxygens (including phenoxy) is 1. The molecule has 0 amide bonds. The molecule has 0 radical (unpaired) electrons. The van der Waals surface area contributed by atoms with Gasteiger partial charge in [0, 0.05) is 17.9 Å². The van der Waals surface area contributed by atoms with Gasteiger partial charge < -0.3 is 4.74 Å². The maximum Gasteiger partial charge on any atom is 0.305 e. The first-order valence-electron chi connectivity index (χ1n) is 4.62. The van der Waals surface area contributed by atoms with Crippen molar-refractivity contribution < 1.29 is 9.53 Å². The highest BCUT2D eigenvalue weighted by atomic mass is 35.5. The van der Waals surface area contributed by atoms with Gasteiger partial charge in [-0.1, -0.05) is 30.7 Å². The SMILES string of the molecule is CCC(=O)OCCc1ccc(Cl)cc1. The van der Waals surface area contributed by atoms with Crippen LogP contribution < -0.4 is 0 Å². The summed E-state index contributed by atoms with van der Waals surface area (Å²) in [4.78, 5) is 10.8. The Balaban J connectivity index is 2.31. The molecule has 0 spiro atoms. The van der Waals surface area contributed by atoms with E-state index >= 15 is 0 Å². The van der Waals surface area contributed by atoms with E-state index in [9.17, 15) is 4.79 Å². The average Bonchev–Trinajstić information content (AvgIpc) is 2.21. The summed E-state index contributed by atoms with van der Waals surface area (Å²) < 4.78 is 4.95. The van der Waals surface area contributed by atoms with Crippen molar-refractivity contribution in [2.75, 3.05) is 6.61 Å². The van der Waals surface area contributed by atoms with Gasteiger partial charge in [-0.2, -0.15) is 0 Å². The van der Waals surface area contributed by atoms with Gasteiger partial charge in [-0.05, 0) is 17.7 Å².